The van der Waals surface area contributed by atoms with Gasteiger partial charge in [-0.3, -0.25) is 9.59 Å². The molecule has 1 aliphatic rings. The number of hydrogen-bond acceptors (Lipinski definition) is 4. The molecule has 0 bridgehead atoms. The summed E-state index contributed by atoms with van der Waals surface area (Å²) < 4.78 is 2.56. The van der Waals surface area contributed by atoms with Crippen LogP contribution >= 0.6 is 15.9 Å². The number of quaternary nitrogens is 1. The van der Waals surface area contributed by atoms with Gasteiger partial charge < -0.3 is 19.3 Å². The molecule has 1 amide bonds. The third-order valence-electron chi connectivity index (χ3n) is 5.71. The summed E-state index contributed by atoms with van der Waals surface area (Å²) in [5, 5.41) is 13.8. The number of carbonyl (C=O) groups is 2. The topological polar surface area (TPSA) is 82.2 Å². The van der Waals surface area contributed by atoms with Gasteiger partial charge in [0.15, 0.2) is 0 Å². The molecule has 0 spiro atoms. The Kier molecular flexibility index (Phi) is 6.17. The summed E-state index contributed by atoms with van der Waals surface area (Å²) in [5.74, 6) is -1.81. The molecule has 166 valence electrons. The standard InChI is InChI=1S/C24H25BrN4O3/c1-15-20(28-13-5-4-7-18(28)26-15)22(30)19-21(16-8-10-17(25)11-9-16)29(24(32)23(19)31)14-6-12-27(2)3/h4-5,7-11,13,21,30H,6,12,14H2,1-3H3/b22-19+. The fraction of sp³-hybridized carbons (Fsp3) is 0.292. The predicted octanol–water partition coefficient (Wildman–Crippen LogP) is 1.16. The van der Waals surface area contributed by atoms with Crippen LogP contribution in [-0.2, 0) is 9.59 Å². The Hall–Kier alpha value is -2.97. The van der Waals surface area contributed by atoms with E-state index in [1.54, 1.807) is 34.6 Å². The molecular formula is C24H25BrN4O3. The SMILES string of the molecule is Cc1nc2ccccn2c1/C([O-])=C1\C(=O)C(=O)N(CCC[NH+](C)C)C1c1ccc(Br)cc1. The molecule has 1 unspecified atom stereocenters. The van der Waals surface area contributed by atoms with E-state index in [1.807, 2.05) is 44.4 Å². The number of nitrogens with one attached hydrogen (secondary N) is 1. The van der Waals surface area contributed by atoms with Gasteiger partial charge in [0.1, 0.15) is 5.65 Å². The van der Waals surface area contributed by atoms with E-state index >= 15 is 0 Å². The maximum absolute atomic E-state index is 13.8. The Bertz CT molecular complexity index is 1210. The van der Waals surface area contributed by atoms with E-state index in [1.165, 1.54) is 4.90 Å². The number of likely N-dealkylation sites (tertiary alicyclic amines) is 1. The van der Waals surface area contributed by atoms with Crippen LogP contribution in [0.2, 0.25) is 0 Å². The van der Waals surface area contributed by atoms with Crippen molar-refractivity contribution >= 4 is 39.0 Å². The van der Waals surface area contributed by atoms with Crippen molar-refractivity contribution in [2.75, 3.05) is 27.2 Å². The lowest BCUT2D eigenvalue weighted by molar-refractivity contribution is -0.858. The summed E-state index contributed by atoms with van der Waals surface area (Å²) in [6.45, 7) is 2.99. The number of benzene rings is 1. The normalized spacial score (nSPS) is 18.3. The van der Waals surface area contributed by atoms with Gasteiger partial charge in [0.05, 0.1) is 38.1 Å². The molecule has 0 aliphatic carbocycles. The van der Waals surface area contributed by atoms with Crippen LogP contribution < -0.4 is 10.0 Å². The number of imidazole rings is 1. The number of aromatic nitrogens is 2. The fourth-order valence-corrected chi connectivity index (χ4v) is 4.47. The van der Waals surface area contributed by atoms with E-state index in [2.05, 4.69) is 20.9 Å². The Morgan fingerprint density at radius 1 is 1.16 bits per heavy atom. The van der Waals surface area contributed by atoms with Crippen LogP contribution in [0.5, 0.6) is 0 Å². The smallest absolute Gasteiger partial charge is 0.295 e. The lowest BCUT2D eigenvalue weighted by atomic mass is 9.96. The molecule has 0 saturated carbocycles. The second-order valence-electron chi connectivity index (χ2n) is 8.31. The zero-order valence-electron chi connectivity index (χ0n) is 18.3. The summed E-state index contributed by atoms with van der Waals surface area (Å²) >= 11 is 3.43. The molecule has 3 aromatic rings. The first-order valence-corrected chi connectivity index (χ1v) is 11.3. The van der Waals surface area contributed by atoms with E-state index < -0.39 is 23.5 Å². The Morgan fingerprint density at radius 3 is 2.56 bits per heavy atom. The third kappa shape index (κ3) is 3.96. The molecule has 1 N–H and O–H groups in total. The van der Waals surface area contributed by atoms with Crippen LogP contribution in [0.25, 0.3) is 11.4 Å². The first-order chi connectivity index (χ1) is 15.3. The van der Waals surface area contributed by atoms with Gasteiger partial charge in [0.25, 0.3) is 5.91 Å². The van der Waals surface area contributed by atoms with Gasteiger partial charge in [-0.15, -0.1) is 0 Å². The second-order valence-corrected chi connectivity index (χ2v) is 9.23. The minimum absolute atomic E-state index is 0.0109. The molecule has 0 radical (unpaired) electrons. The van der Waals surface area contributed by atoms with E-state index in [-0.39, 0.29) is 5.57 Å². The number of nitrogens with zero attached hydrogens (tertiary/aromatic N) is 3. The number of aryl methyl sites for hydroxylation is 1. The number of amides is 1. The minimum atomic E-state index is -0.731. The van der Waals surface area contributed by atoms with Crippen molar-refractivity contribution in [2.24, 2.45) is 0 Å². The maximum atomic E-state index is 13.8. The summed E-state index contributed by atoms with van der Waals surface area (Å²) in [6, 6.07) is 12.1. The van der Waals surface area contributed by atoms with Gasteiger partial charge in [-0.25, -0.2) is 4.98 Å². The van der Waals surface area contributed by atoms with Gasteiger partial charge in [-0.2, -0.15) is 0 Å². The van der Waals surface area contributed by atoms with Crippen molar-refractivity contribution in [2.45, 2.75) is 19.4 Å². The summed E-state index contributed by atoms with van der Waals surface area (Å²) in [6.07, 6.45) is 2.47. The lowest BCUT2D eigenvalue weighted by Gasteiger charge is -2.27. The molecule has 1 aliphatic heterocycles. The first kappa shape index (κ1) is 22.2. The van der Waals surface area contributed by atoms with E-state index in [0.717, 1.165) is 23.0 Å². The van der Waals surface area contributed by atoms with Crippen LogP contribution in [0, 0.1) is 6.92 Å². The fourth-order valence-electron chi connectivity index (χ4n) is 4.21. The maximum Gasteiger partial charge on any atom is 0.295 e. The molecule has 4 rings (SSSR count). The lowest BCUT2D eigenvalue weighted by Crippen LogP contribution is -3.05. The van der Waals surface area contributed by atoms with Crippen LogP contribution in [0.1, 0.15) is 29.4 Å². The Morgan fingerprint density at radius 2 is 1.88 bits per heavy atom. The highest BCUT2D eigenvalue weighted by Crippen LogP contribution is 2.39. The van der Waals surface area contributed by atoms with Gasteiger partial charge in [-0.1, -0.05) is 39.9 Å². The van der Waals surface area contributed by atoms with Crippen molar-refractivity contribution in [1.82, 2.24) is 14.3 Å². The van der Waals surface area contributed by atoms with Crippen molar-refractivity contribution in [3.05, 3.63) is 75.7 Å². The first-order valence-electron chi connectivity index (χ1n) is 10.5. The zero-order valence-corrected chi connectivity index (χ0v) is 19.8. The molecule has 8 heteroatoms. The number of rotatable bonds is 6. The molecule has 1 atom stereocenters. The van der Waals surface area contributed by atoms with E-state index in [9.17, 15) is 14.7 Å². The number of halogens is 1. The minimum Gasteiger partial charge on any atom is -0.871 e. The number of hydrogen-bond donors (Lipinski definition) is 1. The van der Waals surface area contributed by atoms with Crippen molar-refractivity contribution in [1.29, 1.82) is 0 Å². The molecule has 1 saturated heterocycles. The zero-order chi connectivity index (χ0) is 23.0. The highest BCUT2D eigenvalue weighted by molar-refractivity contribution is 9.10. The number of pyridine rings is 1. The predicted molar refractivity (Wildman–Crippen MR) is 123 cm³/mol. The van der Waals surface area contributed by atoms with Crippen LogP contribution in [0.15, 0.2) is 58.7 Å². The average molecular weight is 497 g/mol. The van der Waals surface area contributed by atoms with E-state index in [4.69, 9.17) is 0 Å². The summed E-state index contributed by atoms with van der Waals surface area (Å²) in [5.41, 5.74) is 2.19. The molecule has 2 aromatic heterocycles. The number of Topliss-reactive ketones (excluding diaryl/α,β-unsaturated/α-hetero) is 1. The molecule has 3 heterocycles. The van der Waals surface area contributed by atoms with Gasteiger partial charge in [0.2, 0.25) is 5.78 Å². The number of carbonyl (C=O) groups excluding carboxylic acids is 2. The van der Waals surface area contributed by atoms with Crippen molar-refractivity contribution < 1.29 is 19.6 Å². The third-order valence-corrected chi connectivity index (χ3v) is 6.24. The van der Waals surface area contributed by atoms with Crippen molar-refractivity contribution in [3.8, 4) is 0 Å². The molecule has 1 aromatic carbocycles. The molecule has 1 fully saturated rings. The average Bonchev–Trinajstić information content (AvgIpc) is 3.22. The van der Waals surface area contributed by atoms with Gasteiger partial charge in [0, 0.05) is 29.2 Å². The number of ketones is 1. The highest BCUT2D eigenvalue weighted by atomic mass is 79.9. The summed E-state index contributed by atoms with van der Waals surface area (Å²) in [7, 11) is 4.08. The van der Waals surface area contributed by atoms with E-state index in [0.29, 0.717) is 23.6 Å². The molecule has 32 heavy (non-hydrogen) atoms. The summed E-state index contributed by atoms with van der Waals surface area (Å²) in [4.78, 5) is 33.4. The monoisotopic (exact) mass is 496 g/mol. The Labute approximate surface area is 195 Å². The van der Waals surface area contributed by atoms with Gasteiger partial charge in [-0.05, 0) is 36.8 Å². The van der Waals surface area contributed by atoms with Crippen LogP contribution in [0.4, 0.5) is 0 Å². The molecule has 7 nitrogen and oxygen atoms in total. The largest absolute Gasteiger partial charge is 0.871 e. The highest BCUT2D eigenvalue weighted by Gasteiger charge is 2.44. The molecular weight excluding hydrogens is 472 g/mol. The Balaban J connectivity index is 1.87. The van der Waals surface area contributed by atoms with Crippen LogP contribution in [-0.4, -0.2) is 53.2 Å². The number of fused-ring (bicyclic) bond motifs is 1. The van der Waals surface area contributed by atoms with Gasteiger partial charge >= 0.3 is 0 Å². The second kappa shape index (κ2) is 8.88. The quantitative estimate of drug-likeness (QED) is 0.315. The van der Waals surface area contributed by atoms with Crippen LogP contribution in [0.3, 0.4) is 0 Å². The van der Waals surface area contributed by atoms with Crippen molar-refractivity contribution in [3.63, 3.8) is 0 Å².